The van der Waals surface area contributed by atoms with Crippen molar-refractivity contribution in [3.05, 3.63) is 0 Å². The summed E-state index contributed by atoms with van der Waals surface area (Å²) in [6.45, 7) is 12.6. The third-order valence-electron chi connectivity index (χ3n) is 13.1. The lowest BCUT2D eigenvalue weighted by molar-refractivity contribution is -0.167. The molecule has 0 spiro atoms. The highest BCUT2D eigenvalue weighted by atomic mass is 32.3. The zero-order chi connectivity index (χ0) is 32.1. The highest BCUT2D eigenvalue weighted by Gasteiger charge is 2.62. The summed E-state index contributed by atoms with van der Waals surface area (Å²) in [5.41, 5.74) is 6.07. The Morgan fingerprint density at radius 3 is 2.41 bits per heavy atom. The van der Waals surface area contributed by atoms with Crippen LogP contribution in [0, 0.1) is 52.3 Å². The van der Waals surface area contributed by atoms with Crippen LogP contribution in [0.5, 0.6) is 0 Å². The molecule has 4 fully saturated rings. The molecule has 0 aromatic carbocycles. The first-order valence-electron chi connectivity index (χ1n) is 17.8. The molecule has 0 saturated heterocycles. The summed E-state index contributed by atoms with van der Waals surface area (Å²) in [4.78, 5) is 12.7. The van der Waals surface area contributed by atoms with E-state index in [1.54, 1.807) is 6.92 Å². The number of hydrogen-bond acceptors (Lipinski definition) is 8. The molecule has 6 N–H and O–H groups in total. The Hall–Kier alpha value is -0.620. The third kappa shape index (κ3) is 8.45. The second-order valence-corrected chi connectivity index (χ2v) is 16.7. The van der Waals surface area contributed by atoms with Gasteiger partial charge in [-0.1, -0.05) is 27.7 Å². The number of nitrogens with one attached hydrogen (secondary N) is 2. The Kier molecular flexibility index (Phi) is 12.8. The monoisotopic (exact) mass is 641 g/mol. The normalized spacial score (nSPS) is 38.4. The maximum Gasteiger partial charge on any atom is 0.397 e. The molecule has 0 aromatic heterocycles. The quantitative estimate of drug-likeness (QED) is 0.112. The van der Waals surface area contributed by atoms with Crippen LogP contribution in [0.4, 0.5) is 0 Å². The molecule has 0 amide bonds. The van der Waals surface area contributed by atoms with Crippen LogP contribution in [0.3, 0.4) is 0 Å². The molecule has 4 saturated carbocycles. The van der Waals surface area contributed by atoms with E-state index in [9.17, 15) is 18.3 Å². The predicted octanol–water partition coefficient (Wildman–Crippen LogP) is 4.73. The molecule has 4 aliphatic rings. The molecule has 10 heteroatoms. The van der Waals surface area contributed by atoms with Crippen LogP contribution in [0.1, 0.15) is 111 Å². The van der Waals surface area contributed by atoms with Crippen molar-refractivity contribution in [1.29, 1.82) is 0 Å². The first-order valence-corrected chi connectivity index (χ1v) is 19.1. The van der Waals surface area contributed by atoms with Crippen LogP contribution in [0.25, 0.3) is 0 Å². The van der Waals surface area contributed by atoms with E-state index < -0.39 is 16.3 Å². The fourth-order valence-corrected chi connectivity index (χ4v) is 10.9. The Balaban J connectivity index is 1.28. The van der Waals surface area contributed by atoms with Crippen LogP contribution in [0.15, 0.2) is 0 Å². The van der Waals surface area contributed by atoms with Gasteiger partial charge in [-0.25, -0.2) is 4.18 Å². The van der Waals surface area contributed by atoms with Crippen LogP contribution in [0.2, 0.25) is 0 Å². The Morgan fingerprint density at radius 1 is 0.977 bits per heavy atom. The van der Waals surface area contributed by atoms with Crippen molar-refractivity contribution >= 4 is 16.2 Å². The summed E-state index contributed by atoms with van der Waals surface area (Å²) in [6.07, 6.45) is 13.7. The van der Waals surface area contributed by atoms with E-state index in [2.05, 4.69) is 35.6 Å². The summed E-state index contributed by atoms with van der Waals surface area (Å²) in [7, 11) is -4.54. The first kappa shape index (κ1) is 36.2. The van der Waals surface area contributed by atoms with Crippen molar-refractivity contribution in [3.8, 4) is 0 Å². The van der Waals surface area contributed by atoms with Gasteiger partial charge in [0.1, 0.15) is 5.78 Å². The van der Waals surface area contributed by atoms with E-state index in [0.29, 0.717) is 53.4 Å². The standard InChI is InChI=1S/C34H63N3O6S/c1-23(8-11-30(38)24(2)22-43-44(40,41)42)27-9-10-28-32-29(13-15-34(27,28)4)33(3)14-12-26(20-25(33)21-31(32)39)37-19-7-18-36-17-6-5-16-35/h23-29,31-32,36-37,39H,5-22,35H2,1-4H3,(H,40,41,42). The smallest absolute Gasteiger partial charge is 0.393 e. The van der Waals surface area contributed by atoms with Crippen LogP contribution in [-0.4, -0.2) is 68.8 Å². The van der Waals surface area contributed by atoms with E-state index in [1.165, 1.54) is 38.5 Å². The van der Waals surface area contributed by atoms with Crippen molar-refractivity contribution in [2.75, 3.05) is 32.8 Å². The fourth-order valence-electron chi connectivity index (χ4n) is 10.5. The first-order chi connectivity index (χ1) is 20.8. The van der Waals surface area contributed by atoms with Crippen molar-refractivity contribution < 1.29 is 27.1 Å². The predicted molar refractivity (Wildman–Crippen MR) is 174 cm³/mol. The topological polar surface area (TPSA) is 151 Å². The average Bonchev–Trinajstić information content (AvgIpc) is 3.33. The number of Topliss-reactive ketones (excluding diaryl/α,β-unsaturated/α-hetero) is 1. The molecular weight excluding hydrogens is 578 g/mol. The van der Waals surface area contributed by atoms with Gasteiger partial charge in [0.15, 0.2) is 0 Å². The second-order valence-electron chi connectivity index (χ2n) is 15.6. The lowest BCUT2D eigenvalue weighted by Gasteiger charge is -2.62. The molecule has 256 valence electrons. The van der Waals surface area contributed by atoms with E-state index in [0.717, 1.165) is 64.7 Å². The van der Waals surface area contributed by atoms with Gasteiger partial charge >= 0.3 is 10.4 Å². The SMILES string of the molecule is CC(COS(=O)(=O)O)C(=O)CCC(C)C1CCC2C3C(O)CC4CC(NCCCNCCCCN)CCC4(C)C3CCC12C. The summed E-state index contributed by atoms with van der Waals surface area (Å²) in [5, 5.41) is 19.1. The van der Waals surface area contributed by atoms with Gasteiger partial charge in [-0.3, -0.25) is 9.35 Å². The number of aliphatic hydroxyl groups is 1. The number of aliphatic hydroxyl groups excluding tert-OH is 1. The van der Waals surface area contributed by atoms with Gasteiger partial charge in [-0.2, -0.15) is 8.42 Å². The molecule has 9 nitrogen and oxygen atoms in total. The molecule has 44 heavy (non-hydrogen) atoms. The average molecular weight is 642 g/mol. The number of unbranched alkanes of at least 4 members (excludes halogenated alkanes) is 1. The molecule has 11 unspecified atom stereocenters. The van der Waals surface area contributed by atoms with E-state index >= 15 is 0 Å². The summed E-state index contributed by atoms with van der Waals surface area (Å²) in [6, 6.07) is 0.560. The number of hydrogen-bond donors (Lipinski definition) is 5. The fraction of sp³-hybridized carbons (Fsp3) is 0.971. The molecule has 4 aliphatic carbocycles. The van der Waals surface area contributed by atoms with Gasteiger partial charge in [0, 0.05) is 18.4 Å². The number of carbonyl (C=O) groups is 1. The summed E-state index contributed by atoms with van der Waals surface area (Å²) < 4.78 is 35.0. The van der Waals surface area contributed by atoms with E-state index in [1.807, 2.05) is 0 Å². The molecule has 0 heterocycles. The van der Waals surface area contributed by atoms with Gasteiger partial charge in [0.2, 0.25) is 0 Å². The highest BCUT2D eigenvalue weighted by Crippen LogP contribution is 2.68. The lowest BCUT2D eigenvalue weighted by Crippen LogP contribution is -2.59. The Morgan fingerprint density at radius 2 is 1.68 bits per heavy atom. The highest BCUT2D eigenvalue weighted by molar-refractivity contribution is 7.80. The number of carbonyl (C=O) groups excluding carboxylic acids is 1. The van der Waals surface area contributed by atoms with Crippen molar-refractivity contribution in [2.24, 2.45) is 58.0 Å². The zero-order valence-corrected chi connectivity index (χ0v) is 28.8. The minimum Gasteiger partial charge on any atom is -0.393 e. The van der Waals surface area contributed by atoms with Gasteiger partial charge < -0.3 is 21.5 Å². The number of rotatable bonds is 17. The largest absolute Gasteiger partial charge is 0.397 e. The second kappa shape index (κ2) is 15.5. The maximum atomic E-state index is 12.7. The van der Waals surface area contributed by atoms with Crippen molar-refractivity contribution in [3.63, 3.8) is 0 Å². The molecule has 0 radical (unpaired) electrons. The van der Waals surface area contributed by atoms with Crippen LogP contribution < -0.4 is 16.4 Å². The van der Waals surface area contributed by atoms with Gasteiger partial charge in [0.25, 0.3) is 0 Å². The van der Waals surface area contributed by atoms with E-state index in [4.69, 9.17) is 10.3 Å². The molecule has 11 atom stereocenters. The molecule has 0 bridgehead atoms. The van der Waals surface area contributed by atoms with Gasteiger partial charge in [-0.05, 0) is 150 Å². The summed E-state index contributed by atoms with van der Waals surface area (Å²) in [5.74, 6) is 2.39. The number of ketones is 1. The van der Waals surface area contributed by atoms with Crippen LogP contribution in [-0.2, 0) is 19.4 Å². The van der Waals surface area contributed by atoms with Gasteiger partial charge in [-0.15, -0.1) is 0 Å². The van der Waals surface area contributed by atoms with E-state index in [-0.39, 0.29) is 23.9 Å². The molecule has 4 rings (SSSR count). The Labute approximate surface area is 267 Å². The lowest BCUT2D eigenvalue weighted by atomic mass is 9.43. The Bertz CT molecular complexity index is 1040. The molecular formula is C34H63N3O6S. The minimum absolute atomic E-state index is 0.0225. The third-order valence-corrected chi connectivity index (χ3v) is 13.5. The van der Waals surface area contributed by atoms with Gasteiger partial charge in [0.05, 0.1) is 12.7 Å². The number of nitrogens with two attached hydrogens (primary N) is 1. The summed E-state index contributed by atoms with van der Waals surface area (Å²) >= 11 is 0. The minimum atomic E-state index is -4.54. The molecule has 0 aromatic rings. The van der Waals surface area contributed by atoms with Crippen molar-refractivity contribution in [1.82, 2.24) is 10.6 Å². The van der Waals surface area contributed by atoms with Crippen molar-refractivity contribution in [2.45, 2.75) is 123 Å². The number of fused-ring (bicyclic) bond motifs is 5. The zero-order valence-electron chi connectivity index (χ0n) is 27.9. The molecule has 0 aliphatic heterocycles. The van der Waals surface area contributed by atoms with Crippen LogP contribution >= 0.6 is 0 Å². The maximum absolute atomic E-state index is 12.7.